The summed E-state index contributed by atoms with van der Waals surface area (Å²) in [5.74, 6) is 0.279. The van der Waals surface area contributed by atoms with Crippen LogP contribution in [0.1, 0.15) is 31.7 Å². The molecule has 78 valence electrons. The molecule has 3 unspecified atom stereocenters. The summed E-state index contributed by atoms with van der Waals surface area (Å²) in [5, 5.41) is 18.7. The highest BCUT2D eigenvalue weighted by Crippen LogP contribution is 2.21. The maximum atomic E-state index is 9.51. The molecule has 1 rings (SSSR count). The summed E-state index contributed by atoms with van der Waals surface area (Å²) in [6.07, 6.45) is -0.687. The zero-order valence-corrected chi connectivity index (χ0v) is 8.72. The lowest BCUT2D eigenvalue weighted by atomic mass is 9.93. The van der Waals surface area contributed by atoms with Gasteiger partial charge in [-0.15, -0.1) is 0 Å². The second-order valence-corrected chi connectivity index (χ2v) is 3.86. The third kappa shape index (κ3) is 3.13. The molecule has 0 aliphatic heterocycles. The van der Waals surface area contributed by atoms with Crippen LogP contribution in [0.2, 0.25) is 0 Å². The minimum absolute atomic E-state index is 0.279. The average molecular weight is 194 g/mol. The number of aliphatic hydroxyl groups excluding tert-OH is 2. The maximum absolute atomic E-state index is 9.51. The largest absolute Gasteiger partial charge is 0.391 e. The molecule has 0 radical (unpaired) electrons. The monoisotopic (exact) mass is 194 g/mol. The van der Waals surface area contributed by atoms with Crippen LogP contribution in [0.25, 0.3) is 0 Å². The number of rotatable bonds is 4. The van der Waals surface area contributed by atoms with Crippen molar-refractivity contribution in [2.24, 2.45) is 0 Å². The summed E-state index contributed by atoms with van der Waals surface area (Å²) < 4.78 is 0. The fourth-order valence-electron chi connectivity index (χ4n) is 1.48. The van der Waals surface area contributed by atoms with Gasteiger partial charge in [-0.3, -0.25) is 0 Å². The molecular formula is C12H18O2. The van der Waals surface area contributed by atoms with Crippen LogP contribution in [0.5, 0.6) is 0 Å². The van der Waals surface area contributed by atoms with Crippen molar-refractivity contribution in [3.8, 4) is 0 Å². The molecule has 0 heterocycles. The van der Waals surface area contributed by atoms with Gasteiger partial charge >= 0.3 is 0 Å². The lowest BCUT2D eigenvalue weighted by Gasteiger charge is -2.18. The minimum Gasteiger partial charge on any atom is -0.391 e. The molecule has 0 aromatic heterocycles. The third-order valence-corrected chi connectivity index (χ3v) is 2.52. The van der Waals surface area contributed by atoms with Crippen molar-refractivity contribution in [1.82, 2.24) is 0 Å². The van der Waals surface area contributed by atoms with E-state index in [1.165, 1.54) is 5.56 Å². The first-order chi connectivity index (χ1) is 6.61. The predicted molar refractivity (Wildman–Crippen MR) is 57.2 cm³/mol. The Bertz CT molecular complexity index is 256. The summed E-state index contributed by atoms with van der Waals surface area (Å²) in [5.41, 5.74) is 1.20. The molecule has 3 atom stereocenters. The molecule has 1 aromatic carbocycles. The van der Waals surface area contributed by atoms with Crippen molar-refractivity contribution in [2.45, 2.75) is 38.4 Å². The summed E-state index contributed by atoms with van der Waals surface area (Å²) in [4.78, 5) is 0. The Kier molecular flexibility index (Phi) is 4.11. The van der Waals surface area contributed by atoms with E-state index in [1.54, 1.807) is 6.92 Å². The number of aliphatic hydroxyl groups is 2. The molecule has 1 aromatic rings. The zero-order chi connectivity index (χ0) is 10.6. The summed E-state index contributed by atoms with van der Waals surface area (Å²) >= 11 is 0. The number of hydrogen-bond donors (Lipinski definition) is 2. The first-order valence-electron chi connectivity index (χ1n) is 5.02. The topological polar surface area (TPSA) is 40.5 Å². The van der Waals surface area contributed by atoms with Crippen molar-refractivity contribution >= 4 is 0 Å². The van der Waals surface area contributed by atoms with E-state index in [9.17, 15) is 5.11 Å². The van der Waals surface area contributed by atoms with Crippen LogP contribution in [0, 0.1) is 0 Å². The highest BCUT2D eigenvalue weighted by atomic mass is 16.3. The first-order valence-corrected chi connectivity index (χ1v) is 5.02. The Morgan fingerprint density at radius 2 is 1.64 bits per heavy atom. The predicted octanol–water partition coefficient (Wildman–Crippen LogP) is 1.92. The molecule has 14 heavy (non-hydrogen) atoms. The quantitative estimate of drug-likeness (QED) is 0.768. The van der Waals surface area contributed by atoms with E-state index in [4.69, 9.17) is 5.11 Å². The van der Waals surface area contributed by atoms with Gasteiger partial charge in [-0.1, -0.05) is 37.3 Å². The molecule has 0 fully saturated rings. The van der Waals surface area contributed by atoms with Crippen LogP contribution in [0.3, 0.4) is 0 Å². The molecule has 0 aliphatic carbocycles. The van der Waals surface area contributed by atoms with Crippen LogP contribution in [0.15, 0.2) is 30.3 Å². The zero-order valence-electron chi connectivity index (χ0n) is 8.72. The van der Waals surface area contributed by atoms with Gasteiger partial charge in [0, 0.05) is 0 Å². The maximum Gasteiger partial charge on any atom is 0.0802 e. The van der Waals surface area contributed by atoms with Gasteiger partial charge in [-0.05, 0) is 24.8 Å². The lowest BCUT2D eigenvalue weighted by Crippen LogP contribution is -2.24. The Labute approximate surface area is 85.2 Å². The molecule has 2 N–H and O–H groups in total. The van der Waals surface area contributed by atoms with Gasteiger partial charge in [0.1, 0.15) is 0 Å². The first kappa shape index (κ1) is 11.2. The van der Waals surface area contributed by atoms with Gasteiger partial charge in [-0.2, -0.15) is 0 Å². The summed E-state index contributed by atoms with van der Waals surface area (Å²) in [6, 6.07) is 10.0. The van der Waals surface area contributed by atoms with E-state index in [0.29, 0.717) is 6.42 Å². The van der Waals surface area contributed by atoms with E-state index in [1.807, 2.05) is 30.3 Å². The third-order valence-electron chi connectivity index (χ3n) is 2.52. The molecule has 0 saturated heterocycles. The highest BCUT2D eigenvalue weighted by Gasteiger charge is 2.15. The van der Waals surface area contributed by atoms with Crippen molar-refractivity contribution in [2.75, 3.05) is 0 Å². The second-order valence-electron chi connectivity index (χ2n) is 3.86. The minimum atomic E-state index is -0.652. The van der Waals surface area contributed by atoms with Crippen LogP contribution >= 0.6 is 0 Å². The van der Waals surface area contributed by atoms with Crippen molar-refractivity contribution in [1.29, 1.82) is 0 Å². The van der Waals surface area contributed by atoms with E-state index in [-0.39, 0.29) is 5.92 Å². The molecule has 0 spiro atoms. The van der Waals surface area contributed by atoms with E-state index in [0.717, 1.165) is 0 Å². The van der Waals surface area contributed by atoms with E-state index < -0.39 is 12.2 Å². The van der Waals surface area contributed by atoms with Crippen LogP contribution in [-0.2, 0) is 0 Å². The van der Waals surface area contributed by atoms with Crippen molar-refractivity contribution in [3.05, 3.63) is 35.9 Å². The van der Waals surface area contributed by atoms with Crippen LogP contribution < -0.4 is 0 Å². The molecule has 0 amide bonds. The van der Waals surface area contributed by atoms with E-state index in [2.05, 4.69) is 6.92 Å². The van der Waals surface area contributed by atoms with Crippen molar-refractivity contribution < 1.29 is 10.2 Å². The van der Waals surface area contributed by atoms with Gasteiger partial charge in [0.25, 0.3) is 0 Å². The second kappa shape index (κ2) is 5.13. The van der Waals surface area contributed by atoms with Gasteiger partial charge < -0.3 is 10.2 Å². The summed E-state index contributed by atoms with van der Waals surface area (Å²) in [7, 11) is 0. The van der Waals surface area contributed by atoms with E-state index >= 15 is 0 Å². The number of hydrogen-bond acceptors (Lipinski definition) is 2. The fourth-order valence-corrected chi connectivity index (χ4v) is 1.48. The summed E-state index contributed by atoms with van der Waals surface area (Å²) in [6.45, 7) is 3.67. The Balaban J connectivity index is 2.55. The van der Waals surface area contributed by atoms with Gasteiger partial charge in [0.15, 0.2) is 0 Å². The van der Waals surface area contributed by atoms with Gasteiger partial charge in [-0.25, -0.2) is 0 Å². The fraction of sp³-hybridized carbons (Fsp3) is 0.500. The normalized spacial score (nSPS) is 17.4. The standard InChI is InChI=1S/C12H18O2/c1-9(8-12(14)10(2)13)11-6-4-3-5-7-11/h3-7,9-10,12-14H,8H2,1-2H3. The molecule has 0 saturated carbocycles. The molecule has 0 bridgehead atoms. The molecule has 2 heteroatoms. The molecule has 0 aliphatic rings. The average Bonchev–Trinajstić information content (AvgIpc) is 2.19. The lowest BCUT2D eigenvalue weighted by molar-refractivity contribution is 0.0227. The number of benzene rings is 1. The van der Waals surface area contributed by atoms with Crippen molar-refractivity contribution in [3.63, 3.8) is 0 Å². The van der Waals surface area contributed by atoms with Crippen LogP contribution in [0.4, 0.5) is 0 Å². The Morgan fingerprint density at radius 3 is 2.14 bits per heavy atom. The molecule has 2 nitrogen and oxygen atoms in total. The van der Waals surface area contributed by atoms with Gasteiger partial charge in [0.05, 0.1) is 12.2 Å². The molecular weight excluding hydrogens is 176 g/mol. The van der Waals surface area contributed by atoms with Crippen LogP contribution in [-0.4, -0.2) is 22.4 Å². The Hall–Kier alpha value is -0.860. The van der Waals surface area contributed by atoms with Gasteiger partial charge in [0.2, 0.25) is 0 Å². The smallest absolute Gasteiger partial charge is 0.0802 e. The highest BCUT2D eigenvalue weighted by molar-refractivity contribution is 5.18. The SMILES string of the molecule is CC(CC(O)C(C)O)c1ccccc1. The Morgan fingerprint density at radius 1 is 1.07 bits per heavy atom.